The summed E-state index contributed by atoms with van der Waals surface area (Å²) >= 11 is 5.96. The molecule has 2 aromatic rings. The van der Waals surface area contributed by atoms with Gasteiger partial charge in [0.25, 0.3) is 0 Å². The van der Waals surface area contributed by atoms with Crippen LogP contribution in [0.2, 0.25) is 5.02 Å². The molecule has 2 atom stereocenters. The van der Waals surface area contributed by atoms with Crippen molar-refractivity contribution in [2.24, 2.45) is 5.92 Å². The first-order chi connectivity index (χ1) is 13.0. The predicted octanol–water partition coefficient (Wildman–Crippen LogP) is 5.54. The van der Waals surface area contributed by atoms with Crippen molar-refractivity contribution >= 4 is 21.6 Å². The summed E-state index contributed by atoms with van der Waals surface area (Å²) in [6, 6.07) is 16.9. The Balaban J connectivity index is 1.81. The van der Waals surface area contributed by atoms with Crippen LogP contribution in [-0.4, -0.2) is 25.3 Å². The number of hydrogen-bond acceptors (Lipinski definition) is 2. The molecule has 0 N–H and O–H groups in total. The number of sulfonamides is 1. The third-order valence-corrected chi connectivity index (χ3v) is 7.73. The van der Waals surface area contributed by atoms with Crippen LogP contribution in [0.25, 0.3) is 0 Å². The lowest BCUT2D eigenvalue weighted by Crippen LogP contribution is -2.45. The Morgan fingerprint density at radius 1 is 1.00 bits per heavy atom. The van der Waals surface area contributed by atoms with Crippen molar-refractivity contribution < 1.29 is 8.42 Å². The number of aryl methyl sites for hydroxylation is 1. The van der Waals surface area contributed by atoms with Gasteiger partial charge in [-0.05, 0) is 61.4 Å². The van der Waals surface area contributed by atoms with E-state index >= 15 is 0 Å². The second-order valence-corrected chi connectivity index (χ2v) is 9.81. The van der Waals surface area contributed by atoms with E-state index in [0.29, 0.717) is 22.4 Å². The molecule has 0 aliphatic heterocycles. The number of hydrogen-bond donors (Lipinski definition) is 0. The molecule has 0 radical (unpaired) electrons. The predicted molar refractivity (Wildman–Crippen MR) is 112 cm³/mol. The molecule has 0 bridgehead atoms. The summed E-state index contributed by atoms with van der Waals surface area (Å²) in [4.78, 5) is 0.337. The molecule has 1 saturated carbocycles. The molecule has 2 unspecified atom stereocenters. The van der Waals surface area contributed by atoms with Crippen LogP contribution in [0.4, 0.5) is 0 Å². The maximum absolute atomic E-state index is 13.4. The summed E-state index contributed by atoms with van der Waals surface area (Å²) in [5.74, 6) is 0.387. The molecule has 5 heteroatoms. The SMILES string of the molecule is CC1CCCCC1N(CCCc1ccccc1)S(=O)(=O)c1ccc(Cl)cc1. The lowest BCUT2D eigenvalue weighted by atomic mass is 9.86. The van der Waals surface area contributed by atoms with Crippen LogP contribution in [-0.2, 0) is 16.4 Å². The number of benzene rings is 2. The highest BCUT2D eigenvalue weighted by Gasteiger charge is 2.35. The van der Waals surface area contributed by atoms with Crippen molar-refractivity contribution in [2.45, 2.75) is 56.4 Å². The molecule has 3 rings (SSSR count). The fraction of sp³-hybridized carbons (Fsp3) is 0.455. The van der Waals surface area contributed by atoms with Crippen molar-refractivity contribution in [3.63, 3.8) is 0 Å². The van der Waals surface area contributed by atoms with E-state index in [4.69, 9.17) is 11.6 Å². The van der Waals surface area contributed by atoms with Gasteiger partial charge in [-0.15, -0.1) is 0 Å². The Labute approximate surface area is 168 Å². The second-order valence-electron chi connectivity index (χ2n) is 7.49. The summed E-state index contributed by atoms with van der Waals surface area (Å²) in [5.41, 5.74) is 1.25. The van der Waals surface area contributed by atoms with E-state index in [2.05, 4.69) is 19.1 Å². The zero-order valence-electron chi connectivity index (χ0n) is 15.9. The molecule has 0 amide bonds. The summed E-state index contributed by atoms with van der Waals surface area (Å²) in [6.07, 6.45) is 6.03. The van der Waals surface area contributed by atoms with Crippen molar-refractivity contribution in [3.05, 3.63) is 65.2 Å². The fourth-order valence-corrected chi connectivity index (χ4v) is 5.93. The summed E-state index contributed by atoms with van der Waals surface area (Å²) in [7, 11) is -3.53. The van der Waals surface area contributed by atoms with E-state index in [1.807, 2.05) is 18.2 Å². The lowest BCUT2D eigenvalue weighted by molar-refractivity contribution is 0.189. The van der Waals surface area contributed by atoms with Gasteiger partial charge in [-0.3, -0.25) is 0 Å². The largest absolute Gasteiger partial charge is 0.243 e. The molecule has 2 aromatic carbocycles. The van der Waals surface area contributed by atoms with E-state index in [0.717, 1.165) is 32.1 Å². The van der Waals surface area contributed by atoms with Gasteiger partial charge in [-0.1, -0.05) is 61.7 Å². The van der Waals surface area contributed by atoms with Crippen LogP contribution in [0.5, 0.6) is 0 Å². The third kappa shape index (κ3) is 5.13. The number of rotatable bonds is 7. The highest BCUT2D eigenvalue weighted by atomic mass is 35.5. The van der Waals surface area contributed by atoms with Crippen molar-refractivity contribution in [1.29, 1.82) is 0 Å². The molecule has 27 heavy (non-hydrogen) atoms. The van der Waals surface area contributed by atoms with Crippen molar-refractivity contribution in [1.82, 2.24) is 4.31 Å². The smallest absolute Gasteiger partial charge is 0.207 e. The average Bonchev–Trinajstić information content (AvgIpc) is 2.67. The average molecular weight is 406 g/mol. The van der Waals surface area contributed by atoms with Gasteiger partial charge in [-0.25, -0.2) is 8.42 Å². The van der Waals surface area contributed by atoms with Crippen LogP contribution < -0.4 is 0 Å². The molecule has 1 aliphatic carbocycles. The molecule has 146 valence electrons. The van der Waals surface area contributed by atoms with Crippen molar-refractivity contribution in [2.75, 3.05) is 6.54 Å². The van der Waals surface area contributed by atoms with Crippen LogP contribution in [0.1, 0.15) is 44.6 Å². The quantitative estimate of drug-likeness (QED) is 0.606. The van der Waals surface area contributed by atoms with Gasteiger partial charge in [0.15, 0.2) is 0 Å². The Morgan fingerprint density at radius 2 is 1.67 bits per heavy atom. The minimum Gasteiger partial charge on any atom is -0.207 e. The number of halogens is 1. The normalized spacial score (nSPS) is 20.7. The monoisotopic (exact) mass is 405 g/mol. The Kier molecular flexibility index (Phi) is 6.96. The Morgan fingerprint density at radius 3 is 2.33 bits per heavy atom. The highest BCUT2D eigenvalue weighted by molar-refractivity contribution is 7.89. The van der Waals surface area contributed by atoms with E-state index in [1.165, 1.54) is 12.0 Å². The molecule has 0 saturated heterocycles. The summed E-state index contributed by atoms with van der Waals surface area (Å²) in [6.45, 7) is 2.74. The van der Waals surface area contributed by atoms with Gasteiger partial charge in [0.2, 0.25) is 10.0 Å². The van der Waals surface area contributed by atoms with Crippen LogP contribution in [0.15, 0.2) is 59.5 Å². The van der Waals surface area contributed by atoms with Crippen LogP contribution in [0.3, 0.4) is 0 Å². The summed E-state index contributed by atoms with van der Waals surface area (Å²) in [5, 5.41) is 0.551. The first-order valence-corrected chi connectivity index (χ1v) is 11.6. The maximum Gasteiger partial charge on any atom is 0.243 e. The van der Waals surface area contributed by atoms with Gasteiger partial charge in [0, 0.05) is 17.6 Å². The Hall–Kier alpha value is -1.36. The molecule has 1 aliphatic rings. The van der Waals surface area contributed by atoms with Crippen LogP contribution in [0, 0.1) is 5.92 Å². The topological polar surface area (TPSA) is 37.4 Å². The van der Waals surface area contributed by atoms with Gasteiger partial charge in [-0.2, -0.15) is 4.31 Å². The molecule has 1 fully saturated rings. The highest BCUT2D eigenvalue weighted by Crippen LogP contribution is 2.32. The third-order valence-electron chi connectivity index (χ3n) is 5.54. The molecule has 3 nitrogen and oxygen atoms in total. The van der Waals surface area contributed by atoms with Crippen LogP contribution >= 0.6 is 11.6 Å². The maximum atomic E-state index is 13.4. The molecule has 0 heterocycles. The molecular formula is C22H28ClNO2S. The first kappa shape index (κ1) is 20.4. The van der Waals surface area contributed by atoms with E-state index < -0.39 is 10.0 Å². The van der Waals surface area contributed by atoms with Gasteiger partial charge >= 0.3 is 0 Å². The molecule has 0 aromatic heterocycles. The van der Waals surface area contributed by atoms with E-state index in [9.17, 15) is 8.42 Å². The standard InChI is InChI=1S/C22H28ClNO2S/c1-18-8-5-6-12-22(18)24(17-7-11-19-9-3-2-4-10-19)27(25,26)21-15-13-20(23)14-16-21/h2-4,9-10,13-16,18,22H,5-8,11-12,17H2,1H3. The molecule has 0 spiro atoms. The summed E-state index contributed by atoms with van der Waals surface area (Å²) < 4.78 is 28.6. The van der Waals surface area contributed by atoms with E-state index in [1.54, 1.807) is 28.6 Å². The van der Waals surface area contributed by atoms with Crippen molar-refractivity contribution in [3.8, 4) is 0 Å². The number of nitrogens with zero attached hydrogens (tertiary/aromatic N) is 1. The first-order valence-electron chi connectivity index (χ1n) is 9.80. The molecular weight excluding hydrogens is 378 g/mol. The minimum atomic E-state index is -3.53. The van der Waals surface area contributed by atoms with E-state index in [-0.39, 0.29) is 6.04 Å². The minimum absolute atomic E-state index is 0.0789. The fourth-order valence-electron chi connectivity index (χ4n) is 4.01. The lowest BCUT2D eigenvalue weighted by Gasteiger charge is -2.37. The zero-order valence-corrected chi connectivity index (χ0v) is 17.4. The zero-order chi connectivity index (χ0) is 19.3. The van der Waals surface area contributed by atoms with Gasteiger partial charge < -0.3 is 0 Å². The van der Waals surface area contributed by atoms with Gasteiger partial charge in [0.05, 0.1) is 4.90 Å². The second kappa shape index (κ2) is 9.22. The van der Waals surface area contributed by atoms with Gasteiger partial charge in [0.1, 0.15) is 0 Å². The Bertz CT molecular complexity index is 821.